The molecule has 1 aromatic carbocycles. The average molecular weight is 431 g/mol. The lowest BCUT2D eigenvalue weighted by atomic mass is 10.3. The van der Waals surface area contributed by atoms with Crippen LogP contribution in [0.3, 0.4) is 0 Å². The third-order valence-corrected chi connectivity index (χ3v) is 5.06. The second-order valence-corrected chi connectivity index (χ2v) is 7.11. The third kappa shape index (κ3) is 4.72. The van der Waals surface area contributed by atoms with E-state index in [4.69, 9.17) is 14.2 Å². The Bertz CT molecular complexity index is 1080. The Hall–Kier alpha value is -3.31. The van der Waals surface area contributed by atoms with E-state index in [0.717, 1.165) is 50.9 Å². The Labute approximate surface area is 177 Å². The molecular formula is C20H22FN5O5. The number of nitro groups is 1. The van der Waals surface area contributed by atoms with Gasteiger partial charge in [-0.25, -0.2) is 8.91 Å². The van der Waals surface area contributed by atoms with Gasteiger partial charge < -0.3 is 14.2 Å². The zero-order valence-electron chi connectivity index (χ0n) is 17.0. The van der Waals surface area contributed by atoms with Crippen LogP contribution in [-0.4, -0.2) is 63.9 Å². The number of non-ortho nitro benzene ring substituents is 1. The minimum Gasteiger partial charge on any atom is -0.492 e. The number of hydrogen-bond acceptors (Lipinski definition) is 8. The van der Waals surface area contributed by atoms with Crippen molar-refractivity contribution in [3.05, 3.63) is 52.2 Å². The van der Waals surface area contributed by atoms with Gasteiger partial charge in [-0.2, -0.15) is 10.1 Å². The summed E-state index contributed by atoms with van der Waals surface area (Å²) in [4.78, 5) is 16.6. The van der Waals surface area contributed by atoms with Crippen molar-refractivity contribution in [2.75, 3.05) is 39.5 Å². The molecule has 3 heterocycles. The lowest BCUT2D eigenvalue weighted by molar-refractivity contribution is -0.385. The summed E-state index contributed by atoms with van der Waals surface area (Å²) in [6.07, 6.45) is 3.88. The van der Waals surface area contributed by atoms with Crippen molar-refractivity contribution >= 4 is 11.2 Å². The van der Waals surface area contributed by atoms with E-state index in [9.17, 15) is 14.5 Å². The van der Waals surface area contributed by atoms with E-state index in [1.165, 1.54) is 18.5 Å². The number of ether oxygens (including phenoxy) is 3. The summed E-state index contributed by atoms with van der Waals surface area (Å²) in [5.74, 6) is -0.255. The largest absolute Gasteiger partial charge is 0.492 e. The molecule has 1 fully saturated rings. The molecule has 1 saturated heterocycles. The van der Waals surface area contributed by atoms with Crippen LogP contribution < -0.4 is 9.47 Å². The summed E-state index contributed by atoms with van der Waals surface area (Å²) in [6.45, 7) is 6.71. The normalized spacial score (nSPS) is 14.6. The molecule has 0 unspecified atom stereocenters. The Morgan fingerprint density at radius 3 is 2.84 bits per heavy atom. The maximum Gasteiger partial charge on any atom is 0.272 e. The Morgan fingerprint density at radius 1 is 1.29 bits per heavy atom. The van der Waals surface area contributed by atoms with Crippen LogP contribution in [0, 0.1) is 22.9 Å². The van der Waals surface area contributed by atoms with E-state index in [-0.39, 0.29) is 17.3 Å². The highest BCUT2D eigenvalue weighted by atomic mass is 19.1. The molecule has 164 valence electrons. The van der Waals surface area contributed by atoms with Crippen LogP contribution in [0.5, 0.6) is 17.4 Å². The van der Waals surface area contributed by atoms with Crippen LogP contribution in [0.1, 0.15) is 12.0 Å². The van der Waals surface area contributed by atoms with Crippen LogP contribution in [0.25, 0.3) is 5.52 Å². The summed E-state index contributed by atoms with van der Waals surface area (Å²) >= 11 is 0. The quantitative estimate of drug-likeness (QED) is 0.305. The molecule has 3 aromatic rings. The lowest BCUT2D eigenvalue weighted by Crippen LogP contribution is -2.37. The Balaban J connectivity index is 1.47. The molecule has 0 amide bonds. The van der Waals surface area contributed by atoms with Gasteiger partial charge in [-0.15, -0.1) is 0 Å². The zero-order chi connectivity index (χ0) is 21.8. The SMILES string of the molecule is Cc1c(OCCCN2CCOCC2)cn2ncnc(Oc3ccc([N+](=O)[O-])cc3F)c12. The van der Waals surface area contributed by atoms with Crippen molar-refractivity contribution in [3.8, 4) is 17.4 Å². The first-order valence-electron chi connectivity index (χ1n) is 9.90. The highest BCUT2D eigenvalue weighted by molar-refractivity contribution is 5.67. The van der Waals surface area contributed by atoms with Gasteiger partial charge in [0.05, 0.1) is 37.0 Å². The van der Waals surface area contributed by atoms with Gasteiger partial charge in [0.15, 0.2) is 11.6 Å². The number of morpholine rings is 1. The number of halogens is 1. The second-order valence-electron chi connectivity index (χ2n) is 7.11. The number of nitro benzene ring substituents is 1. The van der Waals surface area contributed by atoms with Crippen molar-refractivity contribution in [1.82, 2.24) is 19.5 Å². The Morgan fingerprint density at radius 2 is 2.10 bits per heavy atom. The van der Waals surface area contributed by atoms with E-state index in [2.05, 4.69) is 15.0 Å². The minimum absolute atomic E-state index is 0.128. The second kappa shape index (κ2) is 9.23. The van der Waals surface area contributed by atoms with Gasteiger partial charge in [-0.1, -0.05) is 0 Å². The van der Waals surface area contributed by atoms with Crippen LogP contribution >= 0.6 is 0 Å². The third-order valence-electron chi connectivity index (χ3n) is 5.06. The summed E-state index contributed by atoms with van der Waals surface area (Å²) in [7, 11) is 0. The molecular weight excluding hydrogens is 409 g/mol. The predicted octanol–water partition coefficient (Wildman–Crippen LogP) is 2.98. The average Bonchev–Trinajstić information content (AvgIpc) is 3.09. The Kier molecular flexibility index (Phi) is 6.23. The fourth-order valence-electron chi connectivity index (χ4n) is 3.41. The number of aromatic nitrogens is 3. The van der Waals surface area contributed by atoms with Gasteiger partial charge in [-0.05, 0) is 19.4 Å². The first kappa shape index (κ1) is 20.9. The molecule has 4 rings (SSSR count). The van der Waals surface area contributed by atoms with Crippen LogP contribution in [0.4, 0.5) is 10.1 Å². The van der Waals surface area contributed by atoms with E-state index < -0.39 is 10.7 Å². The maximum atomic E-state index is 14.2. The number of benzene rings is 1. The fraction of sp³-hybridized carbons (Fsp3) is 0.400. The summed E-state index contributed by atoms with van der Waals surface area (Å²) < 4.78 is 32.7. The van der Waals surface area contributed by atoms with Gasteiger partial charge in [0.1, 0.15) is 17.6 Å². The first-order chi connectivity index (χ1) is 15.0. The standard InChI is InChI=1S/C20H22FN5O5/c1-14-18(30-8-2-5-24-6-9-29-10-7-24)12-25-19(14)20(22-13-23-25)31-17-4-3-15(26(27)28)11-16(17)21/h3-4,11-13H,2,5-10H2,1H3. The predicted molar refractivity (Wildman–Crippen MR) is 108 cm³/mol. The molecule has 0 radical (unpaired) electrons. The molecule has 1 aliphatic heterocycles. The summed E-state index contributed by atoms with van der Waals surface area (Å²) in [5.41, 5.74) is 0.928. The first-order valence-corrected chi connectivity index (χ1v) is 9.90. The number of nitrogens with zero attached hydrogens (tertiary/aromatic N) is 5. The molecule has 0 spiro atoms. The van der Waals surface area contributed by atoms with Crippen molar-refractivity contribution < 1.29 is 23.5 Å². The number of aryl methyl sites for hydroxylation is 1. The lowest BCUT2D eigenvalue weighted by Gasteiger charge is -2.26. The van der Waals surface area contributed by atoms with E-state index in [1.807, 2.05) is 6.92 Å². The molecule has 0 atom stereocenters. The van der Waals surface area contributed by atoms with Gasteiger partial charge in [0, 0.05) is 31.3 Å². The molecule has 10 nitrogen and oxygen atoms in total. The molecule has 0 aliphatic carbocycles. The van der Waals surface area contributed by atoms with Gasteiger partial charge >= 0.3 is 0 Å². The van der Waals surface area contributed by atoms with Gasteiger partial charge in [0.25, 0.3) is 5.69 Å². The van der Waals surface area contributed by atoms with Crippen molar-refractivity contribution in [2.45, 2.75) is 13.3 Å². The molecule has 0 bridgehead atoms. The molecule has 31 heavy (non-hydrogen) atoms. The fourth-order valence-corrected chi connectivity index (χ4v) is 3.41. The van der Waals surface area contributed by atoms with Crippen molar-refractivity contribution in [3.63, 3.8) is 0 Å². The number of rotatable bonds is 8. The number of hydrogen-bond donors (Lipinski definition) is 0. The highest BCUT2D eigenvalue weighted by Crippen LogP contribution is 2.33. The van der Waals surface area contributed by atoms with Gasteiger partial charge in [0.2, 0.25) is 5.88 Å². The molecule has 0 saturated carbocycles. The summed E-state index contributed by atoms with van der Waals surface area (Å²) in [6, 6.07) is 3.18. The zero-order valence-corrected chi connectivity index (χ0v) is 17.0. The van der Waals surface area contributed by atoms with Crippen LogP contribution in [0.2, 0.25) is 0 Å². The van der Waals surface area contributed by atoms with Gasteiger partial charge in [-0.3, -0.25) is 15.0 Å². The van der Waals surface area contributed by atoms with Crippen LogP contribution in [-0.2, 0) is 4.74 Å². The van der Waals surface area contributed by atoms with Crippen molar-refractivity contribution in [1.29, 1.82) is 0 Å². The van der Waals surface area contributed by atoms with E-state index in [0.29, 0.717) is 17.9 Å². The number of fused-ring (bicyclic) bond motifs is 1. The molecule has 2 aromatic heterocycles. The minimum atomic E-state index is -0.852. The molecule has 11 heteroatoms. The topological polar surface area (TPSA) is 104 Å². The maximum absolute atomic E-state index is 14.2. The molecule has 1 aliphatic rings. The van der Waals surface area contributed by atoms with Crippen molar-refractivity contribution in [2.24, 2.45) is 0 Å². The monoisotopic (exact) mass is 431 g/mol. The van der Waals surface area contributed by atoms with E-state index >= 15 is 0 Å². The van der Waals surface area contributed by atoms with E-state index in [1.54, 1.807) is 10.7 Å². The smallest absolute Gasteiger partial charge is 0.272 e. The van der Waals surface area contributed by atoms with Crippen LogP contribution in [0.15, 0.2) is 30.7 Å². The highest BCUT2D eigenvalue weighted by Gasteiger charge is 2.18. The summed E-state index contributed by atoms with van der Waals surface area (Å²) in [5, 5.41) is 15.0. The molecule has 0 N–H and O–H groups in total.